The normalized spacial score (nSPS) is 11.2. The van der Waals surface area contributed by atoms with E-state index in [1.807, 2.05) is 31.5 Å². The van der Waals surface area contributed by atoms with Crippen LogP contribution in [0.1, 0.15) is 11.6 Å². The molecule has 2 aromatic heterocycles. The average molecular weight is 150 g/mol. The lowest BCUT2D eigenvalue weighted by Crippen LogP contribution is -1.89. The lowest BCUT2D eigenvalue weighted by atomic mass is 10.5. The number of hydrogen-bond donors (Lipinski definition) is 0. The van der Waals surface area contributed by atoms with Gasteiger partial charge >= 0.3 is 0 Å². The van der Waals surface area contributed by atoms with Crippen LogP contribution in [0.4, 0.5) is 0 Å². The first-order chi connectivity index (χ1) is 5.18. The molecule has 0 spiro atoms. The number of furan rings is 1. The van der Waals surface area contributed by atoms with E-state index in [9.17, 15) is 0 Å². The topological polar surface area (TPSA) is 31.0 Å². The molecule has 0 aromatic carbocycles. The first-order valence-electron chi connectivity index (χ1n) is 3.58. The van der Waals surface area contributed by atoms with Crippen molar-refractivity contribution >= 4 is 11.2 Å². The van der Waals surface area contributed by atoms with Gasteiger partial charge in [0.05, 0.1) is 0 Å². The van der Waals surface area contributed by atoms with E-state index in [4.69, 9.17) is 4.42 Å². The number of aryl methyl sites for hydroxylation is 3. The Balaban J connectivity index is 2.88. The van der Waals surface area contributed by atoms with Crippen LogP contribution in [0, 0.1) is 13.8 Å². The van der Waals surface area contributed by atoms with Gasteiger partial charge in [0.25, 0.3) is 0 Å². The van der Waals surface area contributed by atoms with Crippen LogP contribution in [-0.4, -0.2) is 9.55 Å². The molecule has 0 amide bonds. The van der Waals surface area contributed by atoms with Gasteiger partial charge in [-0.15, -0.1) is 0 Å². The van der Waals surface area contributed by atoms with Crippen LogP contribution in [0.3, 0.4) is 0 Å². The molecule has 0 unspecified atom stereocenters. The van der Waals surface area contributed by atoms with Gasteiger partial charge in [-0.2, -0.15) is 4.98 Å². The van der Waals surface area contributed by atoms with Gasteiger partial charge < -0.3 is 8.98 Å². The summed E-state index contributed by atoms with van der Waals surface area (Å²) in [4.78, 5) is 4.23. The minimum atomic E-state index is 0.738. The van der Waals surface area contributed by atoms with Crippen molar-refractivity contribution < 1.29 is 4.42 Å². The van der Waals surface area contributed by atoms with Crippen LogP contribution in [0.15, 0.2) is 10.5 Å². The molecule has 3 heteroatoms. The van der Waals surface area contributed by atoms with Crippen molar-refractivity contribution in [1.82, 2.24) is 9.55 Å². The van der Waals surface area contributed by atoms with Crippen LogP contribution >= 0.6 is 0 Å². The highest BCUT2D eigenvalue weighted by Crippen LogP contribution is 2.17. The van der Waals surface area contributed by atoms with Crippen LogP contribution < -0.4 is 0 Å². The van der Waals surface area contributed by atoms with Gasteiger partial charge in [-0.25, -0.2) is 0 Å². The van der Waals surface area contributed by atoms with E-state index in [0.29, 0.717) is 0 Å². The molecule has 2 heterocycles. The number of hydrogen-bond acceptors (Lipinski definition) is 2. The van der Waals surface area contributed by atoms with Crippen molar-refractivity contribution in [2.75, 3.05) is 0 Å². The van der Waals surface area contributed by atoms with Gasteiger partial charge in [0.2, 0.25) is 5.71 Å². The smallest absolute Gasteiger partial charge is 0.244 e. The summed E-state index contributed by atoms with van der Waals surface area (Å²) in [6, 6.07) is 2.00. The highest BCUT2D eigenvalue weighted by atomic mass is 16.3. The maximum Gasteiger partial charge on any atom is 0.244 e. The largest absolute Gasteiger partial charge is 0.442 e. The monoisotopic (exact) mass is 150 g/mol. The minimum absolute atomic E-state index is 0.738. The summed E-state index contributed by atoms with van der Waals surface area (Å²) in [6.45, 7) is 3.89. The molecule has 0 aliphatic rings. The third-order valence-electron chi connectivity index (χ3n) is 1.93. The molecule has 0 N–H and O–H groups in total. The first kappa shape index (κ1) is 6.46. The van der Waals surface area contributed by atoms with Crippen molar-refractivity contribution in [3.63, 3.8) is 0 Å². The summed E-state index contributed by atoms with van der Waals surface area (Å²) < 4.78 is 7.36. The summed E-state index contributed by atoms with van der Waals surface area (Å²) in [5, 5.41) is 0. The van der Waals surface area contributed by atoms with E-state index in [-0.39, 0.29) is 0 Å². The molecule has 2 aromatic rings. The first-order valence-corrected chi connectivity index (χ1v) is 3.58. The third-order valence-corrected chi connectivity index (χ3v) is 1.93. The number of aromatic nitrogens is 2. The summed E-state index contributed by atoms with van der Waals surface area (Å²) in [5.41, 5.74) is 1.81. The molecule has 3 nitrogen and oxygen atoms in total. The molecule has 0 fully saturated rings. The molecule has 0 saturated carbocycles. The summed E-state index contributed by atoms with van der Waals surface area (Å²) in [5.74, 6) is 1.90. The molecular weight excluding hydrogens is 140 g/mol. The van der Waals surface area contributed by atoms with Gasteiger partial charge in [0, 0.05) is 13.1 Å². The van der Waals surface area contributed by atoms with E-state index in [1.165, 1.54) is 0 Å². The molecule has 0 radical (unpaired) electrons. The maximum absolute atomic E-state index is 5.34. The molecule has 0 bridgehead atoms. The van der Waals surface area contributed by atoms with Crippen molar-refractivity contribution in [3.8, 4) is 0 Å². The van der Waals surface area contributed by atoms with E-state index in [2.05, 4.69) is 4.98 Å². The molecule has 0 aliphatic carbocycles. The zero-order valence-electron chi connectivity index (χ0n) is 6.88. The third kappa shape index (κ3) is 0.770. The lowest BCUT2D eigenvalue weighted by Gasteiger charge is -1.90. The second-order valence-corrected chi connectivity index (χ2v) is 2.77. The highest BCUT2D eigenvalue weighted by molar-refractivity contribution is 5.70. The second kappa shape index (κ2) is 1.87. The zero-order chi connectivity index (χ0) is 8.01. The van der Waals surface area contributed by atoms with Crippen molar-refractivity contribution in [1.29, 1.82) is 0 Å². The average Bonchev–Trinajstić information content (AvgIpc) is 2.37. The zero-order valence-corrected chi connectivity index (χ0v) is 6.88. The van der Waals surface area contributed by atoms with Crippen molar-refractivity contribution in [2.45, 2.75) is 13.8 Å². The molecule has 0 atom stereocenters. The molecule has 0 saturated heterocycles. The molecular formula is C8H10N2O. The van der Waals surface area contributed by atoms with E-state index in [1.54, 1.807) is 0 Å². The van der Waals surface area contributed by atoms with Crippen LogP contribution in [0.25, 0.3) is 11.2 Å². The second-order valence-electron chi connectivity index (χ2n) is 2.77. The summed E-state index contributed by atoms with van der Waals surface area (Å²) in [6.07, 6.45) is 0. The Morgan fingerprint density at radius 1 is 1.45 bits per heavy atom. The van der Waals surface area contributed by atoms with Gasteiger partial charge in [0.1, 0.15) is 17.1 Å². The Morgan fingerprint density at radius 2 is 2.18 bits per heavy atom. The maximum atomic E-state index is 5.34. The van der Waals surface area contributed by atoms with Gasteiger partial charge in [-0.3, -0.25) is 0 Å². The van der Waals surface area contributed by atoms with Crippen molar-refractivity contribution in [3.05, 3.63) is 17.7 Å². The van der Waals surface area contributed by atoms with Crippen LogP contribution in [0.2, 0.25) is 0 Å². The Morgan fingerprint density at radius 3 is 2.82 bits per heavy atom. The predicted octanol–water partition coefficient (Wildman–Crippen LogP) is 1.78. The van der Waals surface area contributed by atoms with Gasteiger partial charge in [-0.05, 0) is 13.8 Å². The summed E-state index contributed by atoms with van der Waals surface area (Å²) in [7, 11) is 1.99. The Kier molecular flexibility index (Phi) is 1.10. The standard InChI is InChI=1S/C8H10N2O/c1-5-4-7-8(11-5)9-6(2)10(7)3/h4H,1-3H3. The molecule has 11 heavy (non-hydrogen) atoms. The Labute approximate surface area is 64.6 Å². The lowest BCUT2D eigenvalue weighted by molar-refractivity contribution is 0.567. The van der Waals surface area contributed by atoms with E-state index < -0.39 is 0 Å². The van der Waals surface area contributed by atoms with Gasteiger partial charge in [0.15, 0.2) is 0 Å². The fraction of sp³-hybridized carbons (Fsp3) is 0.375. The molecule has 0 aliphatic heterocycles. The van der Waals surface area contributed by atoms with Crippen LogP contribution in [0.5, 0.6) is 0 Å². The Bertz CT molecular complexity index is 397. The predicted molar refractivity (Wildman–Crippen MR) is 42.5 cm³/mol. The number of fused-ring (bicyclic) bond motifs is 1. The molecule has 2 rings (SSSR count). The number of imidazole rings is 1. The minimum Gasteiger partial charge on any atom is -0.442 e. The highest BCUT2D eigenvalue weighted by Gasteiger charge is 2.07. The van der Waals surface area contributed by atoms with E-state index >= 15 is 0 Å². The summed E-state index contributed by atoms with van der Waals surface area (Å²) >= 11 is 0. The number of nitrogens with zero attached hydrogens (tertiary/aromatic N) is 2. The molecule has 58 valence electrons. The van der Waals surface area contributed by atoms with Crippen LogP contribution in [-0.2, 0) is 7.05 Å². The van der Waals surface area contributed by atoms with Gasteiger partial charge in [-0.1, -0.05) is 0 Å². The SMILES string of the molecule is Cc1cc2c(nc(C)n2C)o1. The fourth-order valence-electron chi connectivity index (χ4n) is 1.21. The fourth-order valence-corrected chi connectivity index (χ4v) is 1.21. The quantitative estimate of drug-likeness (QED) is 0.573. The van der Waals surface area contributed by atoms with Crippen molar-refractivity contribution in [2.24, 2.45) is 7.05 Å². The Hall–Kier alpha value is -1.25. The number of rotatable bonds is 0. The van der Waals surface area contributed by atoms with E-state index in [0.717, 1.165) is 22.8 Å².